The molecule has 0 aliphatic rings. The average molecular weight is 389 g/mol. The van der Waals surface area contributed by atoms with Gasteiger partial charge in [0.15, 0.2) is 0 Å². The van der Waals surface area contributed by atoms with Crippen LogP contribution in [0.15, 0.2) is 22.0 Å². The summed E-state index contributed by atoms with van der Waals surface area (Å²) >= 11 is 6.72. The van der Waals surface area contributed by atoms with Gasteiger partial charge in [0.1, 0.15) is 0 Å². The van der Waals surface area contributed by atoms with E-state index in [0.717, 1.165) is 8.49 Å². The van der Waals surface area contributed by atoms with Crippen LogP contribution in [-0.4, -0.2) is 0 Å². The van der Waals surface area contributed by atoms with Crippen LogP contribution in [0, 0.1) is 3.57 Å². The van der Waals surface area contributed by atoms with E-state index < -0.39 is 6.43 Å². The summed E-state index contributed by atoms with van der Waals surface area (Å²) in [5.41, 5.74) is 0.144. The lowest BCUT2D eigenvalue weighted by Crippen LogP contribution is -1.89. The molecule has 0 nitrogen and oxygen atoms in total. The quantitative estimate of drug-likeness (QED) is 0.588. The number of fused-ring (bicyclic) bond motifs is 1. The molecular formula is C9H4BrF2IS. The molecule has 0 bridgehead atoms. The highest BCUT2D eigenvalue weighted by molar-refractivity contribution is 14.1. The predicted octanol–water partition coefficient (Wildman–Crippen LogP) is 5.21. The third-order valence-electron chi connectivity index (χ3n) is 1.88. The monoisotopic (exact) mass is 388 g/mol. The normalized spacial score (nSPS) is 11.5. The van der Waals surface area contributed by atoms with E-state index in [2.05, 4.69) is 15.9 Å². The summed E-state index contributed by atoms with van der Waals surface area (Å²) in [5.74, 6) is 0. The molecule has 0 N–H and O–H groups in total. The van der Waals surface area contributed by atoms with Gasteiger partial charge >= 0.3 is 0 Å². The van der Waals surface area contributed by atoms with E-state index >= 15 is 0 Å². The Morgan fingerprint density at radius 1 is 1.36 bits per heavy atom. The lowest BCUT2D eigenvalue weighted by molar-refractivity contribution is 0.152. The number of rotatable bonds is 1. The second-order valence-electron chi connectivity index (χ2n) is 2.72. The van der Waals surface area contributed by atoms with Crippen LogP contribution in [0.2, 0.25) is 0 Å². The molecular weight excluding hydrogens is 385 g/mol. The van der Waals surface area contributed by atoms with Crippen molar-refractivity contribution in [3.8, 4) is 0 Å². The number of thiophene rings is 1. The summed E-state index contributed by atoms with van der Waals surface area (Å²) < 4.78 is 27.9. The second-order valence-corrected chi connectivity index (χ2v) is 6.35. The van der Waals surface area contributed by atoms with Crippen LogP contribution >= 0.6 is 49.9 Å². The molecule has 0 atom stereocenters. The Hall–Kier alpha value is 0.250. The molecule has 0 radical (unpaired) electrons. The lowest BCUT2D eigenvalue weighted by Gasteiger charge is -2.04. The Balaban J connectivity index is 2.82. The highest BCUT2D eigenvalue weighted by Crippen LogP contribution is 2.37. The van der Waals surface area contributed by atoms with Gasteiger partial charge in [0.25, 0.3) is 6.43 Å². The van der Waals surface area contributed by atoms with Crippen molar-refractivity contribution in [3.05, 3.63) is 31.1 Å². The fourth-order valence-electron chi connectivity index (χ4n) is 1.30. The van der Waals surface area contributed by atoms with Gasteiger partial charge in [-0.2, -0.15) is 0 Å². The Labute approximate surface area is 106 Å². The molecule has 0 spiro atoms. The SMILES string of the molecule is FC(F)c1c(I)ccc2sc(Br)cc12. The van der Waals surface area contributed by atoms with Crippen molar-refractivity contribution >= 4 is 59.9 Å². The lowest BCUT2D eigenvalue weighted by atomic mass is 10.1. The van der Waals surface area contributed by atoms with Crippen LogP contribution in [0.5, 0.6) is 0 Å². The summed E-state index contributed by atoms with van der Waals surface area (Å²) in [5, 5.41) is 0.656. The smallest absolute Gasteiger partial charge is 0.205 e. The number of hydrogen-bond donors (Lipinski definition) is 0. The van der Waals surface area contributed by atoms with E-state index in [1.165, 1.54) is 11.3 Å². The summed E-state index contributed by atoms with van der Waals surface area (Å²) in [6.45, 7) is 0. The Morgan fingerprint density at radius 2 is 2.07 bits per heavy atom. The van der Waals surface area contributed by atoms with Crippen molar-refractivity contribution < 1.29 is 8.78 Å². The molecule has 0 fully saturated rings. The van der Waals surface area contributed by atoms with Crippen molar-refractivity contribution in [2.24, 2.45) is 0 Å². The van der Waals surface area contributed by atoms with Crippen LogP contribution in [0.1, 0.15) is 12.0 Å². The van der Waals surface area contributed by atoms with Gasteiger partial charge in [-0.25, -0.2) is 8.78 Å². The number of hydrogen-bond acceptors (Lipinski definition) is 1. The molecule has 0 saturated heterocycles. The summed E-state index contributed by atoms with van der Waals surface area (Å²) in [7, 11) is 0. The highest BCUT2D eigenvalue weighted by Gasteiger charge is 2.16. The summed E-state index contributed by atoms with van der Waals surface area (Å²) in [4.78, 5) is 0. The van der Waals surface area contributed by atoms with Gasteiger partial charge in [-0.1, -0.05) is 0 Å². The molecule has 2 aromatic rings. The van der Waals surface area contributed by atoms with Crippen molar-refractivity contribution in [1.29, 1.82) is 0 Å². The molecule has 14 heavy (non-hydrogen) atoms. The topological polar surface area (TPSA) is 0 Å². The van der Waals surface area contributed by atoms with Gasteiger partial charge in [0, 0.05) is 19.2 Å². The maximum atomic E-state index is 12.8. The first-order chi connectivity index (χ1) is 6.59. The third-order valence-corrected chi connectivity index (χ3v) is 4.42. The van der Waals surface area contributed by atoms with Gasteiger partial charge in [0.2, 0.25) is 0 Å². The maximum Gasteiger partial charge on any atom is 0.265 e. The molecule has 5 heteroatoms. The molecule has 0 aliphatic carbocycles. The molecule has 0 amide bonds. The minimum Gasteiger partial charge on any atom is -0.205 e. The molecule has 0 saturated carbocycles. The van der Waals surface area contributed by atoms with Gasteiger partial charge in [0.05, 0.1) is 3.79 Å². The third kappa shape index (κ3) is 1.81. The fraction of sp³-hybridized carbons (Fsp3) is 0.111. The van der Waals surface area contributed by atoms with Crippen molar-refractivity contribution in [1.82, 2.24) is 0 Å². The molecule has 0 aliphatic heterocycles. The molecule has 0 unspecified atom stereocenters. The number of halogens is 4. The predicted molar refractivity (Wildman–Crippen MR) is 67.2 cm³/mol. The minimum absolute atomic E-state index is 0.144. The van der Waals surface area contributed by atoms with Crippen LogP contribution in [0.4, 0.5) is 8.78 Å². The fourth-order valence-corrected chi connectivity index (χ4v) is 3.56. The molecule has 74 valence electrons. The Bertz CT molecular complexity index is 481. The van der Waals surface area contributed by atoms with Gasteiger partial charge in [-0.05, 0) is 56.7 Å². The standard InChI is InChI=1S/C9H4BrF2IS/c10-7-3-4-6(14-7)2-1-5(13)8(4)9(11)12/h1-3,9H. The van der Waals surface area contributed by atoms with E-state index in [9.17, 15) is 8.78 Å². The summed E-state index contributed by atoms with van der Waals surface area (Å²) in [6.07, 6.45) is -2.41. The van der Waals surface area contributed by atoms with Crippen LogP contribution < -0.4 is 0 Å². The number of benzene rings is 1. The van der Waals surface area contributed by atoms with E-state index in [4.69, 9.17) is 0 Å². The highest BCUT2D eigenvalue weighted by atomic mass is 127. The van der Waals surface area contributed by atoms with Crippen molar-refractivity contribution in [2.75, 3.05) is 0 Å². The first kappa shape index (κ1) is 10.8. The van der Waals surface area contributed by atoms with Gasteiger partial charge in [-0.15, -0.1) is 11.3 Å². The zero-order chi connectivity index (χ0) is 10.3. The largest absolute Gasteiger partial charge is 0.265 e. The van der Waals surface area contributed by atoms with Crippen LogP contribution in [0.25, 0.3) is 10.1 Å². The van der Waals surface area contributed by atoms with Crippen LogP contribution in [0.3, 0.4) is 0 Å². The van der Waals surface area contributed by atoms with Gasteiger partial charge < -0.3 is 0 Å². The number of alkyl halides is 2. The Morgan fingerprint density at radius 3 is 2.71 bits per heavy atom. The first-order valence-electron chi connectivity index (χ1n) is 3.75. The van der Waals surface area contributed by atoms with E-state index in [1.807, 2.05) is 28.7 Å². The Kier molecular flexibility index (Phi) is 3.09. The first-order valence-corrected chi connectivity index (χ1v) is 6.44. The minimum atomic E-state index is -2.41. The van der Waals surface area contributed by atoms with E-state index in [1.54, 1.807) is 12.1 Å². The molecule has 1 heterocycles. The average Bonchev–Trinajstić information content (AvgIpc) is 2.43. The molecule has 1 aromatic carbocycles. The van der Waals surface area contributed by atoms with E-state index in [-0.39, 0.29) is 5.56 Å². The second kappa shape index (κ2) is 4.02. The molecule has 2 rings (SSSR count). The van der Waals surface area contributed by atoms with Crippen molar-refractivity contribution in [2.45, 2.75) is 6.43 Å². The van der Waals surface area contributed by atoms with Gasteiger partial charge in [-0.3, -0.25) is 0 Å². The zero-order valence-electron chi connectivity index (χ0n) is 6.73. The molecule has 1 aromatic heterocycles. The van der Waals surface area contributed by atoms with E-state index in [0.29, 0.717) is 8.96 Å². The maximum absolute atomic E-state index is 12.8. The summed E-state index contributed by atoms with van der Waals surface area (Å²) in [6, 6.07) is 5.36. The van der Waals surface area contributed by atoms with Crippen molar-refractivity contribution in [3.63, 3.8) is 0 Å². The van der Waals surface area contributed by atoms with Crippen LogP contribution in [-0.2, 0) is 0 Å². The zero-order valence-corrected chi connectivity index (χ0v) is 11.3.